The zero-order valence-corrected chi connectivity index (χ0v) is 19.1. The van der Waals surface area contributed by atoms with E-state index in [0.29, 0.717) is 23.9 Å². The molecule has 1 N–H and O–H groups in total. The van der Waals surface area contributed by atoms with Crippen molar-refractivity contribution in [3.63, 3.8) is 0 Å². The third-order valence-electron chi connectivity index (χ3n) is 4.85. The third-order valence-corrected chi connectivity index (χ3v) is 6.27. The number of hydrogen-bond acceptors (Lipinski definition) is 6. The molecule has 4 aromatic rings. The summed E-state index contributed by atoms with van der Waals surface area (Å²) in [6, 6.07) is 17.1. The second-order valence-electron chi connectivity index (χ2n) is 7.17. The zero-order valence-electron chi connectivity index (χ0n) is 18.3. The van der Waals surface area contributed by atoms with Crippen molar-refractivity contribution in [2.45, 2.75) is 25.3 Å². The van der Waals surface area contributed by atoms with Crippen LogP contribution in [0.15, 0.2) is 84.1 Å². The Bertz CT molecular complexity index is 1320. The van der Waals surface area contributed by atoms with E-state index in [4.69, 9.17) is 9.47 Å². The van der Waals surface area contributed by atoms with Crippen molar-refractivity contribution in [1.29, 1.82) is 0 Å². The molecule has 0 bridgehead atoms. The fraction of sp³-hybridized carbons (Fsp3) is 0.167. The van der Waals surface area contributed by atoms with E-state index < -0.39 is 10.0 Å². The molecule has 0 saturated carbocycles. The lowest BCUT2D eigenvalue weighted by Gasteiger charge is -2.10. The first-order valence-corrected chi connectivity index (χ1v) is 11.9. The lowest BCUT2D eigenvalue weighted by Crippen LogP contribution is -2.23. The van der Waals surface area contributed by atoms with Gasteiger partial charge in [0.1, 0.15) is 28.9 Å². The average molecular weight is 465 g/mol. The average Bonchev–Trinajstić information content (AvgIpc) is 3.26. The summed E-state index contributed by atoms with van der Waals surface area (Å²) in [4.78, 5) is 8.67. The van der Waals surface area contributed by atoms with Gasteiger partial charge in [0.05, 0.1) is 11.5 Å². The van der Waals surface area contributed by atoms with Gasteiger partial charge in [0.2, 0.25) is 10.0 Å². The van der Waals surface area contributed by atoms with Gasteiger partial charge in [0.25, 0.3) is 0 Å². The largest absolute Gasteiger partial charge is 0.494 e. The normalized spacial score (nSPS) is 11.3. The molecule has 8 nitrogen and oxygen atoms in total. The van der Waals surface area contributed by atoms with E-state index >= 15 is 0 Å². The Morgan fingerprint density at radius 3 is 2.21 bits per heavy atom. The van der Waals surface area contributed by atoms with Crippen LogP contribution in [-0.2, 0) is 16.6 Å². The molecule has 0 unspecified atom stereocenters. The lowest BCUT2D eigenvalue weighted by atomic mass is 10.2. The first-order valence-electron chi connectivity index (χ1n) is 10.4. The van der Waals surface area contributed by atoms with Gasteiger partial charge in [-0.05, 0) is 80.1 Å². The van der Waals surface area contributed by atoms with Gasteiger partial charge in [-0.2, -0.15) is 0 Å². The van der Waals surface area contributed by atoms with Crippen molar-refractivity contribution in [2.24, 2.45) is 0 Å². The van der Waals surface area contributed by atoms with Gasteiger partial charge in [-0.25, -0.2) is 23.1 Å². The predicted molar refractivity (Wildman–Crippen MR) is 124 cm³/mol. The summed E-state index contributed by atoms with van der Waals surface area (Å²) in [5.74, 6) is 3.41. The summed E-state index contributed by atoms with van der Waals surface area (Å²) >= 11 is 0. The number of imidazole rings is 1. The number of aromatic nitrogens is 3. The van der Waals surface area contributed by atoms with Crippen molar-refractivity contribution < 1.29 is 17.9 Å². The van der Waals surface area contributed by atoms with E-state index in [0.717, 1.165) is 17.1 Å². The monoisotopic (exact) mass is 464 g/mol. The van der Waals surface area contributed by atoms with E-state index in [-0.39, 0.29) is 11.4 Å². The maximum atomic E-state index is 12.7. The molecule has 9 heteroatoms. The van der Waals surface area contributed by atoms with Gasteiger partial charge in [-0.1, -0.05) is 0 Å². The molecule has 0 spiro atoms. The third kappa shape index (κ3) is 5.57. The maximum Gasteiger partial charge on any atom is 0.240 e. The van der Waals surface area contributed by atoms with Crippen LogP contribution in [0.5, 0.6) is 17.2 Å². The first-order chi connectivity index (χ1) is 15.9. The van der Waals surface area contributed by atoms with Crippen LogP contribution in [0.2, 0.25) is 0 Å². The van der Waals surface area contributed by atoms with Crippen molar-refractivity contribution >= 4 is 10.0 Å². The van der Waals surface area contributed by atoms with Crippen molar-refractivity contribution in [3.05, 3.63) is 90.6 Å². The van der Waals surface area contributed by atoms with Crippen LogP contribution in [0.1, 0.15) is 18.3 Å². The van der Waals surface area contributed by atoms with Crippen molar-refractivity contribution in [3.8, 4) is 23.1 Å². The smallest absolute Gasteiger partial charge is 0.240 e. The Kier molecular flexibility index (Phi) is 6.71. The molecule has 0 aliphatic heterocycles. The molecule has 0 aliphatic carbocycles. The Hall–Kier alpha value is -3.69. The van der Waals surface area contributed by atoms with Gasteiger partial charge >= 0.3 is 0 Å². The van der Waals surface area contributed by atoms with Crippen LogP contribution < -0.4 is 14.2 Å². The Labute approximate surface area is 192 Å². The Balaban J connectivity index is 1.40. The molecule has 170 valence electrons. The summed E-state index contributed by atoms with van der Waals surface area (Å²) < 4.78 is 41.2. The molecule has 0 saturated heterocycles. The molecule has 0 fully saturated rings. The van der Waals surface area contributed by atoms with Crippen LogP contribution in [0, 0.1) is 6.92 Å². The van der Waals surface area contributed by atoms with Gasteiger partial charge in [0.15, 0.2) is 0 Å². The highest BCUT2D eigenvalue weighted by Gasteiger charge is 2.14. The molecular formula is C24H24N4O4S. The highest BCUT2D eigenvalue weighted by molar-refractivity contribution is 7.89. The highest BCUT2D eigenvalue weighted by Crippen LogP contribution is 2.25. The number of nitrogens with zero attached hydrogens (tertiary/aromatic N) is 3. The van der Waals surface area contributed by atoms with Gasteiger partial charge < -0.3 is 9.47 Å². The minimum Gasteiger partial charge on any atom is -0.494 e. The van der Waals surface area contributed by atoms with Gasteiger partial charge in [-0.15, -0.1) is 0 Å². The van der Waals surface area contributed by atoms with Crippen LogP contribution in [-0.4, -0.2) is 29.6 Å². The second kappa shape index (κ2) is 9.85. The topological polar surface area (TPSA) is 95.3 Å². The molecule has 0 atom stereocenters. The minimum absolute atomic E-state index is 0.135. The number of sulfonamides is 1. The van der Waals surface area contributed by atoms with E-state index in [1.54, 1.807) is 42.7 Å². The van der Waals surface area contributed by atoms with Gasteiger partial charge in [-0.3, -0.25) is 4.57 Å². The van der Waals surface area contributed by atoms with Crippen LogP contribution in [0.25, 0.3) is 5.82 Å². The summed E-state index contributed by atoms with van der Waals surface area (Å²) in [6.45, 7) is 4.53. The molecule has 0 aliphatic rings. The molecule has 2 aromatic heterocycles. The molecular weight excluding hydrogens is 440 g/mol. The minimum atomic E-state index is -3.70. The highest BCUT2D eigenvalue weighted by atomic mass is 32.2. The second-order valence-corrected chi connectivity index (χ2v) is 8.94. The number of nitrogens with one attached hydrogen (secondary N) is 1. The van der Waals surface area contributed by atoms with Crippen LogP contribution in [0.4, 0.5) is 0 Å². The molecule has 0 amide bonds. The molecule has 2 heterocycles. The van der Waals surface area contributed by atoms with E-state index in [9.17, 15) is 8.42 Å². The van der Waals surface area contributed by atoms with E-state index in [1.165, 1.54) is 12.1 Å². The number of pyridine rings is 1. The quantitative estimate of drug-likeness (QED) is 0.398. The molecule has 0 radical (unpaired) electrons. The molecule has 4 rings (SSSR count). The van der Waals surface area contributed by atoms with Crippen molar-refractivity contribution in [1.82, 2.24) is 19.3 Å². The first kappa shape index (κ1) is 22.5. The van der Waals surface area contributed by atoms with Crippen LogP contribution >= 0.6 is 0 Å². The number of aryl methyl sites for hydroxylation is 1. The number of ether oxygens (including phenoxy) is 2. The van der Waals surface area contributed by atoms with E-state index in [1.807, 2.05) is 42.8 Å². The maximum absolute atomic E-state index is 12.7. The summed E-state index contributed by atoms with van der Waals surface area (Å²) in [5, 5.41) is 0. The number of hydrogen-bond donors (Lipinski definition) is 1. The lowest BCUT2D eigenvalue weighted by molar-refractivity contribution is 0.339. The SMILES string of the molecule is CCOc1ccc(Oc2ccc(S(=O)(=O)NCc3ccnc(-n4ccnc4C)c3)cc2)cc1. The molecule has 2 aromatic carbocycles. The standard InChI is InChI=1S/C24H24N4O4S/c1-3-31-20-4-6-21(7-5-20)32-22-8-10-23(11-9-22)33(29,30)27-17-19-12-13-26-24(16-19)28-15-14-25-18(28)2/h4-16,27H,3,17H2,1-2H3. The number of rotatable bonds is 9. The Morgan fingerprint density at radius 2 is 1.58 bits per heavy atom. The van der Waals surface area contributed by atoms with E-state index in [2.05, 4.69) is 14.7 Å². The molecule has 33 heavy (non-hydrogen) atoms. The zero-order chi connectivity index (χ0) is 23.3. The summed E-state index contributed by atoms with van der Waals surface area (Å²) in [5.41, 5.74) is 0.784. The van der Waals surface area contributed by atoms with Crippen molar-refractivity contribution in [2.75, 3.05) is 6.61 Å². The Morgan fingerprint density at radius 1 is 0.909 bits per heavy atom. The fourth-order valence-electron chi connectivity index (χ4n) is 3.18. The fourth-order valence-corrected chi connectivity index (χ4v) is 4.20. The predicted octanol–water partition coefficient (Wildman–Crippen LogP) is 4.25. The van der Waals surface area contributed by atoms with Crippen LogP contribution in [0.3, 0.4) is 0 Å². The summed E-state index contributed by atoms with van der Waals surface area (Å²) in [6.07, 6.45) is 5.14. The van der Waals surface area contributed by atoms with Gasteiger partial charge in [0, 0.05) is 25.1 Å². The summed E-state index contributed by atoms with van der Waals surface area (Å²) in [7, 11) is -3.70. The number of benzene rings is 2.